The molecule has 2 aromatic rings. The van der Waals surface area contributed by atoms with Crippen molar-refractivity contribution in [1.29, 1.82) is 0 Å². The number of aromatic nitrogens is 1. The van der Waals surface area contributed by atoms with Gasteiger partial charge in [0.1, 0.15) is 5.75 Å². The summed E-state index contributed by atoms with van der Waals surface area (Å²) in [6.07, 6.45) is 0.994. The second-order valence-electron chi connectivity index (χ2n) is 6.70. The van der Waals surface area contributed by atoms with Gasteiger partial charge in [0.15, 0.2) is 5.54 Å². The van der Waals surface area contributed by atoms with Gasteiger partial charge >= 0.3 is 11.9 Å². The zero-order chi connectivity index (χ0) is 21.1. The highest BCUT2D eigenvalue weighted by Gasteiger charge is 2.47. The predicted molar refractivity (Wildman–Crippen MR) is 102 cm³/mol. The molecule has 1 aromatic heterocycles. The number of likely N-dealkylation sites (N-methyl/N-ethyl adjacent to an activating group) is 1. The van der Waals surface area contributed by atoms with Gasteiger partial charge in [0.25, 0.3) is 0 Å². The normalized spacial score (nSPS) is 14.4. The van der Waals surface area contributed by atoms with Crippen LogP contribution in [0.4, 0.5) is 0 Å². The molecular formula is C19H25N3O6. The van der Waals surface area contributed by atoms with Crippen molar-refractivity contribution in [3.63, 3.8) is 0 Å². The summed E-state index contributed by atoms with van der Waals surface area (Å²) in [5.41, 5.74) is 5.68. The number of carboxylic acid groups (broad SMARTS) is 2. The van der Waals surface area contributed by atoms with Gasteiger partial charge < -0.3 is 30.9 Å². The molecule has 0 aliphatic rings. The number of nitrogens with one attached hydrogen (secondary N) is 1. The SMILES string of the molecule is CCN(C(=O)[C@@H](N)Cc1c[nH]c2ccc(O)cc12)[C@@](CC)(CC(=O)O)C(=O)O. The van der Waals surface area contributed by atoms with Crippen molar-refractivity contribution in [1.82, 2.24) is 9.88 Å². The van der Waals surface area contributed by atoms with Gasteiger partial charge in [0.2, 0.25) is 5.91 Å². The van der Waals surface area contributed by atoms with Crippen molar-refractivity contribution < 1.29 is 29.7 Å². The summed E-state index contributed by atoms with van der Waals surface area (Å²) >= 11 is 0. The number of carbonyl (C=O) groups is 3. The smallest absolute Gasteiger partial charge is 0.330 e. The molecule has 9 heteroatoms. The first kappa shape index (κ1) is 21.2. The minimum atomic E-state index is -1.87. The molecule has 2 atom stereocenters. The number of H-pyrrole nitrogens is 1. The first-order valence-electron chi connectivity index (χ1n) is 8.97. The Morgan fingerprint density at radius 3 is 2.46 bits per heavy atom. The first-order valence-corrected chi connectivity index (χ1v) is 8.97. The number of hydrogen-bond donors (Lipinski definition) is 5. The van der Waals surface area contributed by atoms with Crippen LogP contribution in [0.2, 0.25) is 0 Å². The van der Waals surface area contributed by atoms with E-state index in [4.69, 9.17) is 5.73 Å². The number of nitrogens with zero attached hydrogens (tertiary/aromatic N) is 1. The number of carboxylic acids is 2. The number of aromatic hydroxyl groups is 1. The third-order valence-corrected chi connectivity index (χ3v) is 5.03. The second kappa shape index (κ2) is 8.30. The van der Waals surface area contributed by atoms with Crippen LogP contribution in [-0.4, -0.2) is 61.2 Å². The fourth-order valence-electron chi connectivity index (χ4n) is 3.53. The number of fused-ring (bicyclic) bond motifs is 1. The maximum atomic E-state index is 13.0. The molecule has 1 amide bonds. The Bertz CT molecular complexity index is 893. The van der Waals surface area contributed by atoms with Crippen molar-refractivity contribution in [3.8, 4) is 5.75 Å². The fraction of sp³-hybridized carbons (Fsp3) is 0.421. The third-order valence-electron chi connectivity index (χ3n) is 5.03. The Kier molecular flexibility index (Phi) is 6.30. The molecule has 152 valence electrons. The number of carbonyl (C=O) groups excluding carboxylic acids is 1. The lowest BCUT2D eigenvalue weighted by Crippen LogP contribution is -2.61. The van der Waals surface area contributed by atoms with E-state index in [0.717, 1.165) is 10.4 Å². The van der Waals surface area contributed by atoms with Gasteiger partial charge in [-0.25, -0.2) is 4.79 Å². The van der Waals surface area contributed by atoms with E-state index in [1.807, 2.05) is 0 Å². The highest BCUT2D eigenvalue weighted by Crippen LogP contribution is 2.27. The summed E-state index contributed by atoms with van der Waals surface area (Å²) in [5.74, 6) is -3.25. The van der Waals surface area contributed by atoms with E-state index < -0.39 is 35.8 Å². The van der Waals surface area contributed by atoms with Crippen molar-refractivity contribution >= 4 is 28.7 Å². The summed E-state index contributed by atoms with van der Waals surface area (Å²) in [7, 11) is 0. The maximum Gasteiger partial charge on any atom is 0.330 e. The molecule has 1 aromatic carbocycles. The molecule has 0 aliphatic heterocycles. The Labute approximate surface area is 161 Å². The van der Waals surface area contributed by atoms with Crippen LogP contribution in [0.3, 0.4) is 0 Å². The van der Waals surface area contributed by atoms with E-state index in [1.54, 1.807) is 25.3 Å². The van der Waals surface area contributed by atoms with Crippen molar-refractivity contribution in [2.45, 2.75) is 44.7 Å². The van der Waals surface area contributed by atoms with Crippen LogP contribution in [0, 0.1) is 0 Å². The highest BCUT2D eigenvalue weighted by atomic mass is 16.4. The number of phenols is 1. The molecule has 0 fully saturated rings. The topological polar surface area (TPSA) is 157 Å². The standard InChI is InChI=1S/C19H25N3O6/c1-3-19(18(27)28,9-16(24)25)22(4-2)17(26)14(20)7-11-10-21-15-6-5-12(23)8-13(11)15/h5-6,8,10,14,21,23H,3-4,7,9,20H2,1-2H3,(H,24,25)(H,27,28)/t14-,19-/m0/s1. The number of phenolic OH excluding ortho intramolecular Hbond substituents is 1. The molecule has 0 unspecified atom stereocenters. The molecule has 0 saturated heterocycles. The second-order valence-corrected chi connectivity index (χ2v) is 6.70. The van der Waals surface area contributed by atoms with E-state index in [1.165, 1.54) is 13.0 Å². The Hall–Kier alpha value is -3.07. The molecule has 0 aliphatic carbocycles. The number of rotatable bonds is 9. The lowest BCUT2D eigenvalue weighted by molar-refractivity contribution is -0.165. The molecule has 9 nitrogen and oxygen atoms in total. The number of hydrogen-bond acceptors (Lipinski definition) is 5. The van der Waals surface area contributed by atoms with Crippen molar-refractivity contribution in [3.05, 3.63) is 30.0 Å². The zero-order valence-electron chi connectivity index (χ0n) is 15.8. The molecular weight excluding hydrogens is 366 g/mol. The Morgan fingerprint density at radius 2 is 1.93 bits per heavy atom. The number of benzene rings is 1. The summed E-state index contributed by atoms with van der Waals surface area (Å²) in [6, 6.07) is 3.70. The van der Waals surface area contributed by atoms with Gasteiger partial charge in [-0.15, -0.1) is 0 Å². The fourth-order valence-corrected chi connectivity index (χ4v) is 3.53. The molecule has 0 spiro atoms. The zero-order valence-corrected chi connectivity index (χ0v) is 15.8. The monoisotopic (exact) mass is 391 g/mol. The van der Waals surface area contributed by atoms with Crippen LogP contribution < -0.4 is 5.73 Å². The Balaban J connectivity index is 2.33. The van der Waals surface area contributed by atoms with Crippen LogP contribution in [0.5, 0.6) is 5.75 Å². The van der Waals surface area contributed by atoms with Gasteiger partial charge in [0.05, 0.1) is 12.5 Å². The van der Waals surface area contributed by atoms with Gasteiger partial charge in [-0.05, 0) is 43.5 Å². The predicted octanol–water partition coefficient (Wildman–Crippen LogP) is 1.30. The van der Waals surface area contributed by atoms with E-state index in [-0.39, 0.29) is 25.1 Å². The largest absolute Gasteiger partial charge is 0.508 e. The lowest BCUT2D eigenvalue weighted by atomic mass is 9.88. The van der Waals surface area contributed by atoms with E-state index in [9.17, 15) is 29.7 Å². The first-order chi connectivity index (χ1) is 13.2. The summed E-state index contributed by atoms with van der Waals surface area (Å²) in [6.45, 7) is 3.12. The number of nitrogens with two attached hydrogens (primary N) is 1. The molecule has 1 heterocycles. The molecule has 2 rings (SSSR count). The van der Waals surface area contributed by atoms with Crippen LogP contribution in [0.25, 0.3) is 10.9 Å². The van der Waals surface area contributed by atoms with E-state index >= 15 is 0 Å². The van der Waals surface area contributed by atoms with Gasteiger partial charge in [-0.1, -0.05) is 6.92 Å². The minimum Gasteiger partial charge on any atom is -0.508 e. The van der Waals surface area contributed by atoms with Gasteiger partial charge in [0, 0.05) is 23.6 Å². The third kappa shape index (κ3) is 3.94. The van der Waals surface area contributed by atoms with E-state index in [2.05, 4.69) is 4.98 Å². The van der Waals surface area contributed by atoms with Crippen LogP contribution >= 0.6 is 0 Å². The Morgan fingerprint density at radius 1 is 1.25 bits per heavy atom. The number of amides is 1. The van der Waals surface area contributed by atoms with E-state index in [0.29, 0.717) is 10.9 Å². The molecule has 0 radical (unpaired) electrons. The van der Waals surface area contributed by atoms with Crippen LogP contribution in [0.1, 0.15) is 32.3 Å². The van der Waals surface area contributed by atoms with Crippen LogP contribution in [0.15, 0.2) is 24.4 Å². The summed E-state index contributed by atoms with van der Waals surface area (Å²) in [4.78, 5) is 40.2. The quantitative estimate of drug-likeness (QED) is 0.431. The number of aliphatic carboxylic acids is 2. The lowest BCUT2D eigenvalue weighted by Gasteiger charge is -2.39. The summed E-state index contributed by atoms with van der Waals surface area (Å²) < 4.78 is 0. The van der Waals surface area contributed by atoms with Gasteiger partial charge in [-0.2, -0.15) is 0 Å². The average molecular weight is 391 g/mol. The van der Waals surface area contributed by atoms with Crippen molar-refractivity contribution in [2.75, 3.05) is 6.54 Å². The minimum absolute atomic E-state index is 0.00856. The van der Waals surface area contributed by atoms with Gasteiger partial charge in [-0.3, -0.25) is 9.59 Å². The molecule has 6 N–H and O–H groups in total. The molecule has 28 heavy (non-hydrogen) atoms. The summed E-state index contributed by atoms with van der Waals surface area (Å²) in [5, 5.41) is 29.3. The highest BCUT2D eigenvalue weighted by molar-refractivity contribution is 5.93. The van der Waals surface area contributed by atoms with Crippen LogP contribution in [-0.2, 0) is 20.8 Å². The molecule has 0 saturated carbocycles. The van der Waals surface area contributed by atoms with Crippen molar-refractivity contribution in [2.24, 2.45) is 5.73 Å². The number of aromatic amines is 1. The molecule has 0 bridgehead atoms. The average Bonchev–Trinajstić information content (AvgIpc) is 3.02. The maximum absolute atomic E-state index is 13.0.